The van der Waals surface area contributed by atoms with Crippen LogP contribution in [-0.4, -0.2) is 16.0 Å². The summed E-state index contributed by atoms with van der Waals surface area (Å²) in [4.78, 5) is 8.44. The van der Waals surface area contributed by atoms with Crippen LogP contribution >= 0.6 is 0 Å². The molecule has 1 aliphatic carbocycles. The lowest BCUT2D eigenvalue weighted by molar-refractivity contribution is 0.308. The highest BCUT2D eigenvalue weighted by Crippen LogP contribution is 2.29. The van der Waals surface area contributed by atoms with E-state index in [0.29, 0.717) is 6.04 Å². The molecule has 0 aromatic carbocycles. The maximum absolute atomic E-state index is 4.25. The third-order valence-electron chi connectivity index (χ3n) is 2.60. The fraction of sp³-hybridized carbons (Fsp3) is 0.600. The lowest BCUT2D eigenvalue weighted by atomic mass is 9.82. The van der Waals surface area contributed by atoms with Crippen molar-refractivity contribution in [2.45, 2.75) is 32.7 Å². The maximum Gasteiger partial charge on any atom is 0.147 e. The zero-order valence-corrected chi connectivity index (χ0v) is 8.12. The number of aromatic nitrogens is 2. The molecule has 0 saturated heterocycles. The van der Waals surface area contributed by atoms with E-state index in [0.717, 1.165) is 17.4 Å². The van der Waals surface area contributed by atoms with Crippen LogP contribution in [0.4, 0.5) is 5.82 Å². The lowest BCUT2D eigenvalue weighted by Crippen LogP contribution is -2.34. The van der Waals surface area contributed by atoms with Gasteiger partial charge in [-0.2, -0.15) is 0 Å². The van der Waals surface area contributed by atoms with Crippen LogP contribution in [0.1, 0.15) is 25.5 Å². The van der Waals surface area contributed by atoms with Crippen LogP contribution < -0.4 is 5.32 Å². The monoisotopic (exact) mass is 177 g/mol. The van der Waals surface area contributed by atoms with Crippen molar-refractivity contribution in [2.24, 2.45) is 5.92 Å². The van der Waals surface area contributed by atoms with Crippen molar-refractivity contribution < 1.29 is 0 Å². The van der Waals surface area contributed by atoms with Crippen molar-refractivity contribution in [3.05, 3.63) is 18.1 Å². The van der Waals surface area contributed by atoms with Crippen molar-refractivity contribution in [3.8, 4) is 0 Å². The predicted octanol–water partition coefficient (Wildman–Crippen LogP) is 2.00. The summed E-state index contributed by atoms with van der Waals surface area (Å²) in [5.74, 6) is 1.81. The van der Waals surface area contributed by atoms with E-state index in [1.54, 1.807) is 12.4 Å². The Kier molecular flexibility index (Phi) is 2.17. The standard InChI is InChI=1S/C10H15N3/c1-7-5-9(6-7)13-10-8(2)11-3-4-12-10/h3-4,7,9H,5-6H2,1-2H3,(H,12,13). The van der Waals surface area contributed by atoms with Gasteiger partial charge in [0.2, 0.25) is 0 Å². The van der Waals surface area contributed by atoms with Crippen LogP contribution in [0.15, 0.2) is 12.4 Å². The number of hydrogen-bond acceptors (Lipinski definition) is 3. The van der Waals surface area contributed by atoms with Gasteiger partial charge in [0.05, 0.1) is 5.69 Å². The summed E-state index contributed by atoms with van der Waals surface area (Å²) in [6.45, 7) is 4.26. The Bertz CT molecular complexity index is 292. The highest BCUT2D eigenvalue weighted by atomic mass is 15.0. The molecule has 0 atom stereocenters. The number of anilines is 1. The van der Waals surface area contributed by atoms with Crippen molar-refractivity contribution >= 4 is 5.82 Å². The second kappa shape index (κ2) is 3.32. The summed E-state index contributed by atoms with van der Waals surface area (Å²) < 4.78 is 0. The Morgan fingerprint density at radius 1 is 1.31 bits per heavy atom. The number of rotatable bonds is 2. The SMILES string of the molecule is Cc1nccnc1NC1CC(C)C1. The summed E-state index contributed by atoms with van der Waals surface area (Å²) in [6, 6.07) is 0.616. The Morgan fingerprint density at radius 3 is 2.62 bits per heavy atom. The quantitative estimate of drug-likeness (QED) is 0.750. The molecular weight excluding hydrogens is 162 g/mol. The van der Waals surface area contributed by atoms with Gasteiger partial charge in [0.15, 0.2) is 0 Å². The molecule has 0 spiro atoms. The average Bonchev–Trinajstić information content (AvgIpc) is 2.06. The van der Waals surface area contributed by atoms with Crippen LogP contribution in [-0.2, 0) is 0 Å². The maximum atomic E-state index is 4.25. The molecule has 3 heteroatoms. The van der Waals surface area contributed by atoms with Gasteiger partial charge < -0.3 is 5.32 Å². The Morgan fingerprint density at radius 2 is 2.00 bits per heavy atom. The van der Waals surface area contributed by atoms with Gasteiger partial charge in [0.1, 0.15) is 5.82 Å². The molecule has 1 aromatic heterocycles. The zero-order chi connectivity index (χ0) is 9.26. The number of nitrogens with one attached hydrogen (secondary N) is 1. The summed E-state index contributed by atoms with van der Waals surface area (Å²) in [7, 11) is 0. The molecule has 0 unspecified atom stereocenters. The van der Waals surface area contributed by atoms with Gasteiger partial charge in [-0.15, -0.1) is 0 Å². The fourth-order valence-corrected chi connectivity index (χ4v) is 1.76. The van der Waals surface area contributed by atoms with E-state index in [1.807, 2.05) is 6.92 Å². The van der Waals surface area contributed by atoms with E-state index in [1.165, 1.54) is 12.8 Å². The molecule has 1 fully saturated rings. The van der Waals surface area contributed by atoms with Crippen LogP contribution in [0.3, 0.4) is 0 Å². The van der Waals surface area contributed by atoms with E-state index in [2.05, 4.69) is 22.2 Å². The van der Waals surface area contributed by atoms with E-state index in [4.69, 9.17) is 0 Å². The largest absolute Gasteiger partial charge is 0.366 e. The number of aryl methyl sites for hydroxylation is 1. The van der Waals surface area contributed by atoms with Gasteiger partial charge in [0.25, 0.3) is 0 Å². The van der Waals surface area contributed by atoms with Crippen LogP contribution in [0.2, 0.25) is 0 Å². The molecule has 1 aromatic rings. The minimum Gasteiger partial charge on any atom is -0.366 e. The van der Waals surface area contributed by atoms with Gasteiger partial charge in [0, 0.05) is 18.4 Å². The van der Waals surface area contributed by atoms with E-state index in [-0.39, 0.29) is 0 Å². The Balaban J connectivity index is 1.98. The first-order chi connectivity index (χ1) is 6.25. The number of nitrogens with zero attached hydrogens (tertiary/aromatic N) is 2. The molecule has 0 radical (unpaired) electrons. The normalized spacial score (nSPS) is 26.6. The zero-order valence-electron chi connectivity index (χ0n) is 8.12. The van der Waals surface area contributed by atoms with Crippen LogP contribution in [0.5, 0.6) is 0 Å². The Labute approximate surface area is 78.6 Å². The molecule has 1 aliphatic rings. The van der Waals surface area contributed by atoms with E-state index < -0.39 is 0 Å². The van der Waals surface area contributed by atoms with Gasteiger partial charge >= 0.3 is 0 Å². The van der Waals surface area contributed by atoms with Crippen molar-refractivity contribution in [1.82, 2.24) is 9.97 Å². The summed E-state index contributed by atoms with van der Waals surface area (Å²) in [6.07, 6.45) is 5.98. The van der Waals surface area contributed by atoms with Crippen molar-refractivity contribution in [2.75, 3.05) is 5.32 Å². The molecule has 0 aliphatic heterocycles. The highest BCUT2D eigenvalue weighted by Gasteiger charge is 2.25. The van der Waals surface area contributed by atoms with E-state index in [9.17, 15) is 0 Å². The van der Waals surface area contributed by atoms with Gasteiger partial charge in [-0.3, -0.25) is 4.98 Å². The van der Waals surface area contributed by atoms with Crippen molar-refractivity contribution in [3.63, 3.8) is 0 Å². The average molecular weight is 177 g/mol. The highest BCUT2D eigenvalue weighted by molar-refractivity contribution is 5.39. The number of hydrogen-bond donors (Lipinski definition) is 1. The topological polar surface area (TPSA) is 37.8 Å². The lowest BCUT2D eigenvalue weighted by Gasteiger charge is -2.33. The molecule has 1 heterocycles. The van der Waals surface area contributed by atoms with Gasteiger partial charge in [-0.05, 0) is 25.7 Å². The third kappa shape index (κ3) is 1.79. The minimum absolute atomic E-state index is 0.616. The first-order valence-corrected chi connectivity index (χ1v) is 4.80. The molecule has 0 amide bonds. The van der Waals surface area contributed by atoms with Crippen LogP contribution in [0.25, 0.3) is 0 Å². The molecule has 70 valence electrons. The predicted molar refractivity (Wildman–Crippen MR) is 52.6 cm³/mol. The van der Waals surface area contributed by atoms with Gasteiger partial charge in [-0.25, -0.2) is 4.98 Å². The second-order valence-corrected chi connectivity index (χ2v) is 3.91. The molecule has 0 bridgehead atoms. The first kappa shape index (κ1) is 8.48. The Hall–Kier alpha value is -1.12. The van der Waals surface area contributed by atoms with Crippen molar-refractivity contribution in [1.29, 1.82) is 0 Å². The fourth-order valence-electron chi connectivity index (χ4n) is 1.76. The van der Waals surface area contributed by atoms with E-state index >= 15 is 0 Å². The second-order valence-electron chi connectivity index (χ2n) is 3.91. The first-order valence-electron chi connectivity index (χ1n) is 4.80. The molecule has 1 N–H and O–H groups in total. The molecule has 3 nitrogen and oxygen atoms in total. The van der Waals surface area contributed by atoms with Gasteiger partial charge in [-0.1, -0.05) is 6.92 Å². The smallest absolute Gasteiger partial charge is 0.147 e. The van der Waals surface area contributed by atoms with Crippen LogP contribution in [0, 0.1) is 12.8 Å². The molecule has 1 saturated carbocycles. The third-order valence-corrected chi connectivity index (χ3v) is 2.60. The summed E-state index contributed by atoms with van der Waals surface area (Å²) in [5, 5.41) is 3.40. The molecule has 13 heavy (non-hydrogen) atoms. The summed E-state index contributed by atoms with van der Waals surface area (Å²) in [5.41, 5.74) is 0.988. The molecule has 2 rings (SSSR count). The molecular formula is C10H15N3. The summed E-state index contributed by atoms with van der Waals surface area (Å²) >= 11 is 0. The minimum atomic E-state index is 0.616.